The Morgan fingerprint density at radius 2 is 1.79 bits per heavy atom. The number of halogens is 4. The Balaban J connectivity index is 1.45. The average molecular weight is 402 g/mol. The van der Waals surface area contributed by atoms with Gasteiger partial charge in [-0.15, -0.1) is 0 Å². The van der Waals surface area contributed by atoms with Crippen LogP contribution in [-0.4, -0.2) is 24.9 Å². The van der Waals surface area contributed by atoms with Gasteiger partial charge in [-0.25, -0.2) is 19.3 Å². The summed E-state index contributed by atoms with van der Waals surface area (Å²) in [5.74, 6) is -0.236. The van der Waals surface area contributed by atoms with Crippen LogP contribution in [0.2, 0.25) is 0 Å². The van der Waals surface area contributed by atoms with E-state index < -0.39 is 17.6 Å². The van der Waals surface area contributed by atoms with Crippen LogP contribution in [-0.2, 0) is 19.1 Å². The van der Waals surface area contributed by atoms with E-state index in [1.165, 1.54) is 6.07 Å². The van der Waals surface area contributed by atoms with Crippen LogP contribution < -0.4 is 5.32 Å². The molecule has 6 nitrogen and oxygen atoms in total. The number of H-pyrrole nitrogens is 1. The first-order valence-corrected chi connectivity index (χ1v) is 8.56. The highest BCUT2D eigenvalue weighted by atomic mass is 19.4. The number of hydrogen-bond acceptors (Lipinski definition) is 5. The van der Waals surface area contributed by atoms with Crippen molar-refractivity contribution in [2.24, 2.45) is 0 Å². The van der Waals surface area contributed by atoms with Crippen molar-refractivity contribution >= 4 is 17.0 Å². The second-order valence-corrected chi connectivity index (χ2v) is 6.34. The van der Waals surface area contributed by atoms with Crippen LogP contribution in [0.25, 0.3) is 11.0 Å². The highest BCUT2D eigenvalue weighted by Gasteiger charge is 2.33. The Morgan fingerprint density at radius 3 is 2.55 bits per heavy atom. The molecule has 4 aromatic rings. The number of alkyl halides is 3. The number of nitrogens with zero attached hydrogens (tertiary/aromatic N) is 4. The predicted molar refractivity (Wildman–Crippen MR) is 97.5 cm³/mol. The smallest absolute Gasteiger partial charge is 0.350 e. The molecule has 29 heavy (non-hydrogen) atoms. The van der Waals surface area contributed by atoms with E-state index >= 15 is 0 Å². The quantitative estimate of drug-likeness (QED) is 0.491. The van der Waals surface area contributed by atoms with Crippen molar-refractivity contribution in [1.29, 1.82) is 0 Å². The second kappa shape index (κ2) is 7.46. The number of rotatable bonds is 5. The molecular formula is C19H14F4N6. The minimum absolute atomic E-state index is 0.000922. The van der Waals surface area contributed by atoms with E-state index in [9.17, 15) is 17.6 Å². The molecule has 0 saturated heterocycles. The zero-order valence-electron chi connectivity index (χ0n) is 14.8. The zero-order chi connectivity index (χ0) is 20.4. The number of anilines is 1. The van der Waals surface area contributed by atoms with Gasteiger partial charge in [0, 0.05) is 54.9 Å². The molecule has 4 heterocycles. The molecule has 4 aromatic heterocycles. The molecule has 0 saturated carbocycles. The van der Waals surface area contributed by atoms with Crippen LogP contribution in [0.3, 0.4) is 0 Å². The van der Waals surface area contributed by atoms with Gasteiger partial charge in [0.15, 0.2) is 0 Å². The first kappa shape index (κ1) is 18.8. The predicted octanol–water partition coefficient (Wildman–Crippen LogP) is 4.11. The number of nitrogens with one attached hydrogen (secondary N) is 2. The van der Waals surface area contributed by atoms with E-state index in [2.05, 4.69) is 30.2 Å². The van der Waals surface area contributed by atoms with Gasteiger partial charge >= 0.3 is 6.18 Å². The van der Waals surface area contributed by atoms with E-state index in [1.807, 2.05) is 0 Å². The van der Waals surface area contributed by atoms with E-state index in [4.69, 9.17) is 0 Å². The van der Waals surface area contributed by atoms with Crippen molar-refractivity contribution in [2.45, 2.75) is 19.1 Å². The maximum Gasteiger partial charge on any atom is 0.416 e. The minimum Gasteiger partial charge on any atom is -0.350 e. The standard InChI is InChI=1S/C19H14F4N6/c20-14-4-15-12(8-25-17(15)26-10-14)3-11-5-27-18(28-6-11)29-9-13-7-24-2-1-16(13)19(21,22)23/h1-2,4-8,10H,3,9H2,(H,25,26)(H,27,28,29). The Morgan fingerprint density at radius 1 is 1.00 bits per heavy atom. The van der Waals surface area contributed by atoms with Gasteiger partial charge in [-0.3, -0.25) is 4.98 Å². The third-order valence-electron chi connectivity index (χ3n) is 4.33. The molecule has 0 atom stereocenters. The fraction of sp³-hybridized carbons (Fsp3) is 0.158. The molecule has 10 heteroatoms. The molecule has 0 aliphatic carbocycles. The fourth-order valence-electron chi connectivity index (χ4n) is 2.95. The van der Waals surface area contributed by atoms with Crippen molar-refractivity contribution in [1.82, 2.24) is 24.9 Å². The van der Waals surface area contributed by atoms with Crippen LogP contribution in [0.5, 0.6) is 0 Å². The lowest BCUT2D eigenvalue weighted by atomic mass is 10.1. The summed E-state index contributed by atoms with van der Waals surface area (Å²) in [6.07, 6.45) is 4.26. The van der Waals surface area contributed by atoms with E-state index in [1.54, 1.807) is 18.6 Å². The summed E-state index contributed by atoms with van der Waals surface area (Å²) >= 11 is 0. The van der Waals surface area contributed by atoms with Crippen LogP contribution in [0.15, 0.2) is 49.3 Å². The Bertz CT molecular complexity index is 1140. The molecule has 4 rings (SSSR count). The van der Waals surface area contributed by atoms with Crippen molar-refractivity contribution in [3.8, 4) is 0 Å². The molecule has 0 bridgehead atoms. The van der Waals surface area contributed by atoms with Crippen LogP contribution >= 0.6 is 0 Å². The summed E-state index contributed by atoms with van der Waals surface area (Å²) in [6, 6.07) is 2.33. The van der Waals surface area contributed by atoms with E-state index in [0.29, 0.717) is 17.5 Å². The van der Waals surface area contributed by atoms with Crippen LogP contribution in [0.4, 0.5) is 23.5 Å². The van der Waals surface area contributed by atoms with Gasteiger partial charge in [0.25, 0.3) is 0 Å². The van der Waals surface area contributed by atoms with Crippen LogP contribution in [0, 0.1) is 5.82 Å². The van der Waals surface area contributed by atoms with Crippen molar-refractivity contribution in [2.75, 3.05) is 5.32 Å². The van der Waals surface area contributed by atoms with Gasteiger partial charge in [-0.1, -0.05) is 0 Å². The number of fused-ring (bicyclic) bond motifs is 1. The molecule has 0 aliphatic heterocycles. The zero-order valence-corrected chi connectivity index (χ0v) is 14.8. The molecule has 0 aromatic carbocycles. The molecule has 148 valence electrons. The highest BCUT2D eigenvalue weighted by Crippen LogP contribution is 2.31. The number of aromatic nitrogens is 5. The van der Waals surface area contributed by atoms with Crippen LogP contribution in [0.1, 0.15) is 22.3 Å². The van der Waals surface area contributed by atoms with Gasteiger partial charge in [-0.2, -0.15) is 13.2 Å². The van der Waals surface area contributed by atoms with Crippen molar-refractivity contribution in [3.63, 3.8) is 0 Å². The summed E-state index contributed by atoms with van der Waals surface area (Å²) in [5.41, 5.74) is 1.43. The summed E-state index contributed by atoms with van der Waals surface area (Å²) in [7, 11) is 0. The lowest BCUT2D eigenvalue weighted by Gasteiger charge is -2.12. The molecule has 2 N–H and O–H groups in total. The Kier molecular flexibility index (Phi) is 4.83. The molecule has 0 amide bonds. The van der Waals surface area contributed by atoms with Gasteiger partial charge in [0.05, 0.1) is 11.8 Å². The minimum atomic E-state index is -4.46. The Labute approximate surface area is 162 Å². The number of pyridine rings is 2. The van der Waals surface area contributed by atoms with E-state index in [0.717, 1.165) is 35.8 Å². The third kappa shape index (κ3) is 4.15. The summed E-state index contributed by atoms with van der Waals surface area (Å²) in [5, 5.41) is 3.44. The molecule has 0 fully saturated rings. The lowest BCUT2D eigenvalue weighted by molar-refractivity contribution is -0.138. The lowest BCUT2D eigenvalue weighted by Crippen LogP contribution is -2.13. The van der Waals surface area contributed by atoms with E-state index in [-0.39, 0.29) is 18.1 Å². The molecule has 0 aliphatic rings. The summed E-state index contributed by atoms with van der Waals surface area (Å²) in [4.78, 5) is 19.0. The summed E-state index contributed by atoms with van der Waals surface area (Å²) in [6.45, 7) is -0.116. The fourth-order valence-corrected chi connectivity index (χ4v) is 2.95. The van der Waals surface area contributed by atoms with Gasteiger partial charge in [0.2, 0.25) is 5.95 Å². The largest absolute Gasteiger partial charge is 0.416 e. The van der Waals surface area contributed by atoms with Gasteiger partial charge in [-0.05, 0) is 23.3 Å². The van der Waals surface area contributed by atoms with Gasteiger partial charge < -0.3 is 10.3 Å². The SMILES string of the molecule is Fc1cnc2[nH]cc(Cc3cnc(NCc4cnccc4C(F)(F)F)nc3)c2c1. The number of aromatic amines is 1. The summed E-state index contributed by atoms with van der Waals surface area (Å²) < 4.78 is 52.5. The van der Waals surface area contributed by atoms with Crippen molar-refractivity contribution < 1.29 is 17.6 Å². The monoisotopic (exact) mass is 402 g/mol. The first-order valence-electron chi connectivity index (χ1n) is 8.56. The molecule has 0 spiro atoms. The molecule has 0 unspecified atom stereocenters. The first-order chi connectivity index (χ1) is 13.9. The molecular weight excluding hydrogens is 388 g/mol. The third-order valence-corrected chi connectivity index (χ3v) is 4.33. The topological polar surface area (TPSA) is 79.4 Å². The normalized spacial score (nSPS) is 11.7. The number of hydrogen-bond donors (Lipinski definition) is 2. The second-order valence-electron chi connectivity index (χ2n) is 6.34. The molecule has 0 radical (unpaired) electrons. The van der Waals surface area contributed by atoms with Crippen molar-refractivity contribution in [3.05, 3.63) is 77.4 Å². The average Bonchev–Trinajstić information content (AvgIpc) is 3.09. The van der Waals surface area contributed by atoms with Gasteiger partial charge in [0.1, 0.15) is 11.5 Å². The highest BCUT2D eigenvalue weighted by molar-refractivity contribution is 5.79. The maximum atomic E-state index is 13.4. The maximum absolute atomic E-state index is 13.4. The Hall–Kier alpha value is -3.56.